The molecule has 1 aromatic heterocycles. The lowest BCUT2D eigenvalue weighted by Crippen LogP contribution is -2.53. The monoisotopic (exact) mass is 290 g/mol. The number of aromatic amines is 1. The first-order valence-corrected chi connectivity index (χ1v) is 7.69. The molecule has 114 valence electrons. The van der Waals surface area contributed by atoms with Crippen molar-refractivity contribution in [3.63, 3.8) is 0 Å². The van der Waals surface area contributed by atoms with E-state index in [4.69, 9.17) is 4.74 Å². The molecule has 5 heteroatoms. The molecule has 0 spiro atoms. The van der Waals surface area contributed by atoms with Gasteiger partial charge < -0.3 is 10.5 Å². The number of nitrogens with zero attached hydrogens (tertiary/aromatic N) is 1. The summed E-state index contributed by atoms with van der Waals surface area (Å²) in [6.45, 7) is 8.45. The average molecular weight is 290 g/mol. The molecule has 2 heterocycles. The summed E-state index contributed by atoms with van der Waals surface area (Å²) in [5.41, 5.74) is 7.87. The van der Waals surface area contributed by atoms with Gasteiger partial charge in [-0.15, -0.1) is 0 Å². The van der Waals surface area contributed by atoms with Crippen molar-refractivity contribution in [2.45, 2.75) is 52.2 Å². The number of aryl methyl sites for hydroxylation is 1. The number of fused-ring (bicyclic) bond motifs is 1. The normalized spacial score (nSPS) is 16.1. The number of rotatable bonds is 5. The summed E-state index contributed by atoms with van der Waals surface area (Å²) in [5, 5.41) is 12.9. The quantitative estimate of drug-likeness (QED) is 0.842. The first-order chi connectivity index (χ1) is 10.0. The summed E-state index contributed by atoms with van der Waals surface area (Å²) in [6, 6.07) is 2.37. The van der Waals surface area contributed by atoms with Gasteiger partial charge in [0, 0.05) is 18.4 Å². The van der Waals surface area contributed by atoms with Crippen LogP contribution in [0.3, 0.4) is 0 Å². The highest BCUT2D eigenvalue weighted by Crippen LogP contribution is 2.33. The van der Waals surface area contributed by atoms with Gasteiger partial charge in [-0.2, -0.15) is 5.26 Å². The van der Waals surface area contributed by atoms with Crippen LogP contribution in [0.4, 0.5) is 5.82 Å². The molecule has 0 saturated heterocycles. The molecule has 5 nitrogen and oxygen atoms in total. The summed E-state index contributed by atoms with van der Waals surface area (Å²) in [6.07, 6.45) is 2.81. The summed E-state index contributed by atoms with van der Waals surface area (Å²) in [7, 11) is 0. The summed E-state index contributed by atoms with van der Waals surface area (Å²) >= 11 is 0. The Kier molecular flexibility index (Phi) is 4.81. The van der Waals surface area contributed by atoms with Crippen LogP contribution in [-0.2, 0) is 24.2 Å². The topological polar surface area (TPSA) is 86.8 Å². The van der Waals surface area contributed by atoms with Gasteiger partial charge in [0.2, 0.25) is 0 Å². The second-order valence-electron chi connectivity index (χ2n) is 6.18. The zero-order valence-electron chi connectivity index (χ0n) is 13.3. The van der Waals surface area contributed by atoms with Crippen LogP contribution in [0.2, 0.25) is 0 Å². The summed E-state index contributed by atoms with van der Waals surface area (Å²) in [4.78, 5) is 3.41. The number of H-pyrrole nitrogens is 1. The van der Waals surface area contributed by atoms with E-state index in [1.807, 2.05) is 0 Å². The molecule has 1 aromatic rings. The lowest BCUT2D eigenvalue weighted by molar-refractivity contribution is -0.379. The maximum absolute atomic E-state index is 9.60. The van der Waals surface area contributed by atoms with Gasteiger partial charge in [-0.1, -0.05) is 6.92 Å². The fourth-order valence-electron chi connectivity index (χ4n) is 2.82. The molecule has 0 fully saturated rings. The molecule has 2 rings (SSSR count). The van der Waals surface area contributed by atoms with Crippen molar-refractivity contribution >= 4 is 5.82 Å². The minimum Gasteiger partial charge on any atom is -0.370 e. The maximum atomic E-state index is 9.60. The third kappa shape index (κ3) is 3.34. The van der Waals surface area contributed by atoms with Crippen molar-refractivity contribution in [1.29, 1.82) is 5.26 Å². The highest BCUT2D eigenvalue weighted by molar-refractivity contribution is 5.56. The third-order valence-corrected chi connectivity index (χ3v) is 3.86. The SMILES string of the molecule is CCCc1[nH+]c(NCC[NH3+])c(C#N)c2c1COC(C)(C)C2. The van der Waals surface area contributed by atoms with Gasteiger partial charge in [-0.3, -0.25) is 5.32 Å². The Labute approximate surface area is 126 Å². The van der Waals surface area contributed by atoms with Crippen LogP contribution < -0.4 is 16.0 Å². The molecule has 0 saturated carbocycles. The molecule has 21 heavy (non-hydrogen) atoms. The molecule has 0 atom stereocenters. The average Bonchev–Trinajstić information content (AvgIpc) is 2.44. The second kappa shape index (κ2) is 6.42. The van der Waals surface area contributed by atoms with Crippen LogP contribution in [0.5, 0.6) is 0 Å². The van der Waals surface area contributed by atoms with E-state index in [1.54, 1.807) is 0 Å². The fourth-order valence-corrected chi connectivity index (χ4v) is 2.82. The van der Waals surface area contributed by atoms with Crippen LogP contribution in [0.15, 0.2) is 0 Å². The number of nitriles is 1. The number of ether oxygens (including phenoxy) is 1. The van der Waals surface area contributed by atoms with Gasteiger partial charge >= 0.3 is 0 Å². The Balaban J connectivity index is 2.54. The lowest BCUT2D eigenvalue weighted by Gasteiger charge is -2.32. The van der Waals surface area contributed by atoms with Crippen molar-refractivity contribution < 1.29 is 15.5 Å². The van der Waals surface area contributed by atoms with E-state index in [0.29, 0.717) is 6.61 Å². The Morgan fingerprint density at radius 2 is 2.19 bits per heavy atom. The lowest BCUT2D eigenvalue weighted by atomic mass is 9.87. The summed E-state index contributed by atoms with van der Waals surface area (Å²) in [5.74, 6) is 0.834. The van der Waals surface area contributed by atoms with Crippen LogP contribution in [-0.4, -0.2) is 18.7 Å². The molecule has 1 aliphatic heterocycles. The van der Waals surface area contributed by atoms with Crippen molar-refractivity contribution in [2.24, 2.45) is 0 Å². The van der Waals surface area contributed by atoms with Gasteiger partial charge in [0.25, 0.3) is 5.82 Å². The van der Waals surface area contributed by atoms with Gasteiger partial charge in [0.15, 0.2) is 0 Å². The second-order valence-corrected chi connectivity index (χ2v) is 6.18. The Morgan fingerprint density at radius 3 is 2.81 bits per heavy atom. The molecular weight excluding hydrogens is 264 g/mol. The van der Waals surface area contributed by atoms with E-state index in [9.17, 15) is 5.26 Å². The van der Waals surface area contributed by atoms with E-state index in [1.165, 1.54) is 11.3 Å². The molecule has 5 N–H and O–H groups in total. The number of pyridine rings is 1. The van der Waals surface area contributed by atoms with Crippen LogP contribution >= 0.6 is 0 Å². The van der Waals surface area contributed by atoms with E-state index in [-0.39, 0.29) is 5.60 Å². The van der Waals surface area contributed by atoms with Crippen molar-refractivity contribution in [2.75, 3.05) is 18.4 Å². The summed E-state index contributed by atoms with van der Waals surface area (Å²) < 4.78 is 5.94. The molecule has 1 aliphatic rings. The number of nitrogens with one attached hydrogen (secondary N) is 2. The van der Waals surface area contributed by atoms with Crippen LogP contribution in [0.1, 0.15) is 49.6 Å². The van der Waals surface area contributed by atoms with Crippen LogP contribution in [0.25, 0.3) is 0 Å². The van der Waals surface area contributed by atoms with Gasteiger partial charge in [0.1, 0.15) is 30.4 Å². The van der Waals surface area contributed by atoms with Gasteiger partial charge in [-0.25, -0.2) is 4.98 Å². The number of quaternary nitrogens is 1. The van der Waals surface area contributed by atoms with E-state index >= 15 is 0 Å². The molecule has 0 radical (unpaired) electrons. The minimum absolute atomic E-state index is 0.215. The Hall–Kier alpha value is -1.64. The largest absolute Gasteiger partial charge is 0.370 e. The fraction of sp³-hybridized carbons (Fsp3) is 0.625. The predicted molar refractivity (Wildman–Crippen MR) is 80.5 cm³/mol. The van der Waals surface area contributed by atoms with E-state index in [2.05, 4.69) is 42.9 Å². The van der Waals surface area contributed by atoms with E-state index < -0.39 is 0 Å². The van der Waals surface area contributed by atoms with Crippen molar-refractivity contribution in [3.05, 3.63) is 22.4 Å². The molecule has 0 bridgehead atoms. The number of hydrogen-bond donors (Lipinski definition) is 2. The maximum Gasteiger partial charge on any atom is 0.291 e. The Bertz CT molecular complexity index is 560. The van der Waals surface area contributed by atoms with Crippen molar-refractivity contribution in [1.82, 2.24) is 0 Å². The molecule has 0 unspecified atom stereocenters. The van der Waals surface area contributed by atoms with Crippen molar-refractivity contribution in [3.8, 4) is 6.07 Å². The molecular formula is C16H26N4O+2. The molecule has 0 aliphatic carbocycles. The first kappa shape index (κ1) is 15.7. The van der Waals surface area contributed by atoms with E-state index in [0.717, 1.165) is 49.3 Å². The van der Waals surface area contributed by atoms with Gasteiger partial charge in [0.05, 0.1) is 12.2 Å². The van der Waals surface area contributed by atoms with Crippen LogP contribution in [0, 0.1) is 11.3 Å². The highest BCUT2D eigenvalue weighted by Gasteiger charge is 2.33. The number of hydrogen-bond acceptors (Lipinski definition) is 3. The number of anilines is 1. The number of aromatic nitrogens is 1. The molecule has 0 aromatic carbocycles. The Morgan fingerprint density at radius 1 is 1.43 bits per heavy atom. The highest BCUT2D eigenvalue weighted by atomic mass is 16.5. The standard InChI is InChI=1S/C16H24N4O/c1-4-5-14-13-10-21-16(2,3)8-11(13)12(9-18)15(20-14)19-7-6-17/h4-8,10,17H2,1-3H3,(H,19,20)/p+2. The smallest absolute Gasteiger partial charge is 0.291 e. The predicted octanol–water partition coefficient (Wildman–Crippen LogP) is 0.830. The first-order valence-electron chi connectivity index (χ1n) is 7.69. The molecule has 0 amide bonds. The third-order valence-electron chi connectivity index (χ3n) is 3.86. The zero-order chi connectivity index (χ0) is 15.5. The minimum atomic E-state index is -0.215. The zero-order valence-corrected chi connectivity index (χ0v) is 13.3. The van der Waals surface area contributed by atoms with Gasteiger partial charge in [-0.05, 0) is 25.8 Å².